The fourth-order valence-corrected chi connectivity index (χ4v) is 3.79. The summed E-state index contributed by atoms with van der Waals surface area (Å²) in [7, 11) is 0. The van der Waals surface area contributed by atoms with Gasteiger partial charge in [-0.2, -0.15) is 0 Å². The van der Waals surface area contributed by atoms with Crippen LogP contribution in [0.4, 0.5) is 20.2 Å². The molecule has 0 fully saturated rings. The maximum absolute atomic E-state index is 13.2. The van der Waals surface area contributed by atoms with E-state index < -0.39 is 6.43 Å². The maximum atomic E-state index is 13.2. The topological polar surface area (TPSA) is 57.8 Å². The number of pyridine rings is 1. The number of aromatic amines is 1. The van der Waals surface area contributed by atoms with Gasteiger partial charge >= 0.3 is 0 Å². The molecule has 0 radical (unpaired) electrons. The lowest BCUT2D eigenvalue weighted by Crippen LogP contribution is -2.26. The smallest absolute Gasteiger partial charge is 0.280 e. The molecule has 0 atom stereocenters. The first kappa shape index (κ1) is 18.3. The quantitative estimate of drug-likeness (QED) is 0.590. The lowest BCUT2D eigenvalue weighted by Gasteiger charge is -2.28. The molecule has 28 heavy (non-hydrogen) atoms. The fraction of sp³-hybridized carbons (Fsp3) is 0.273. The van der Waals surface area contributed by atoms with Gasteiger partial charge in [-0.25, -0.2) is 8.78 Å². The third-order valence-electron chi connectivity index (χ3n) is 4.99. The molecule has 0 amide bonds. The minimum atomic E-state index is -2.66. The largest absolute Gasteiger partial charge is 0.356 e. The first-order valence-corrected chi connectivity index (χ1v) is 9.19. The number of nitrogens with one attached hydrogen (secondary N) is 2. The number of benzene rings is 1. The highest BCUT2D eigenvalue weighted by atomic mass is 19.3. The second-order valence-electron chi connectivity index (χ2n) is 7.93. The Morgan fingerprint density at radius 3 is 2.61 bits per heavy atom. The van der Waals surface area contributed by atoms with Gasteiger partial charge in [0.2, 0.25) is 0 Å². The number of carbonyl (C=O) groups is 1. The summed E-state index contributed by atoms with van der Waals surface area (Å²) in [5.74, 6) is 0.0512. The Labute approximate surface area is 162 Å². The number of aromatic nitrogens is 2. The zero-order valence-corrected chi connectivity index (χ0v) is 15.7. The molecule has 0 spiro atoms. The molecule has 3 aromatic rings. The van der Waals surface area contributed by atoms with Crippen LogP contribution in [-0.2, 0) is 6.42 Å². The minimum absolute atomic E-state index is 0.0512. The van der Waals surface area contributed by atoms with E-state index in [0.29, 0.717) is 35.3 Å². The molecule has 0 bridgehead atoms. The van der Waals surface area contributed by atoms with E-state index in [-0.39, 0.29) is 16.9 Å². The van der Waals surface area contributed by atoms with Gasteiger partial charge in [-0.15, -0.1) is 0 Å². The zero-order chi connectivity index (χ0) is 19.9. The minimum Gasteiger partial charge on any atom is -0.356 e. The van der Waals surface area contributed by atoms with Crippen molar-refractivity contribution in [2.45, 2.75) is 33.1 Å². The summed E-state index contributed by atoms with van der Waals surface area (Å²) in [6.45, 7) is 4.11. The van der Waals surface area contributed by atoms with Crippen molar-refractivity contribution in [3.63, 3.8) is 0 Å². The Bertz CT molecular complexity index is 1030. The fourth-order valence-electron chi connectivity index (χ4n) is 3.79. The lowest BCUT2D eigenvalue weighted by atomic mass is 9.76. The van der Waals surface area contributed by atoms with Crippen LogP contribution < -0.4 is 5.32 Å². The number of para-hydroxylation sites is 1. The number of anilines is 2. The van der Waals surface area contributed by atoms with Gasteiger partial charge in [-0.05, 0) is 36.1 Å². The number of hydrogen-bond acceptors (Lipinski definition) is 3. The van der Waals surface area contributed by atoms with Crippen molar-refractivity contribution in [3.05, 3.63) is 65.6 Å². The predicted molar refractivity (Wildman–Crippen MR) is 105 cm³/mol. The molecule has 1 aliphatic carbocycles. The summed E-state index contributed by atoms with van der Waals surface area (Å²) in [5.41, 5.74) is 3.68. The van der Waals surface area contributed by atoms with Crippen LogP contribution in [0.3, 0.4) is 0 Å². The van der Waals surface area contributed by atoms with Crippen LogP contribution in [-0.4, -0.2) is 15.8 Å². The molecule has 6 heteroatoms. The molecule has 0 unspecified atom stereocenters. The van der Waals surface area contributed by atoms with E-state index in [0.717, 1.165) is 11.4 Å². The van der Waals surface area contributed by atoms with Crippen LogP contribution >= 0.6 is 0 Å². The third kappa shape index (κ3) is 3.42. The first-order chi connectivity index (χ1) is 13.3. The average Bonchev–Trinajstić information content (AvgIpc) is 2.99. The van der Waals surface area contributed by atoms with Crippen molar-refractivity contribution >= 4 is 17.2 Å². The van der Waals surface area contributed by atoms with Gasteiger partial charge in [0, 0.05) is 29.6 Å². The van der Waals surface area contributed by atoms with Gasteiger partial charge in [0.15, 0.2) is 5.78 Å². The Hall–Kier alpha value is -3.02. The summed E-state index contributed by atoms with van der Waals surface area (Å²) < 4.78 is 26.3. The van der Waals surface area contributed by atoms with Crippen LogP contribution in [0, 0.1) is 5.41 Å². The maximum Gasteiger partial charge on any atom is 0.280 e. The second-order valence-corrected chi connectivity index (χ2v) is 7.93. The summed E-state index contributed by atoms with van der Waals surface area (Å²) in [6, 6.07) is 12.5. The number of carbonyl (C=O) groups excluding carboxylic acids is 1. The summed E-state index contributed by atoms with van der Waals surface area (Å²) in [6.07, 6.45) is -0.131. The van der Waals surface area contributed by atoms with Gasteiger partial charge in [-0.1, -0.05) is 32.0 Å². The number of rotatable bonds is 4. The number of alkyl halides is 2. The molecule has 1 aromatic carbocycles. The highest BCUT2D eigenvalue weighted by Crippen LogP contribution is 2.43. The second kappa shape index (κ2) is 6.86. The van der Waals surface area contributed by atoms with E-state index in [1.54, 1.807) is 6.07 Å². The molecule has 2 heterocycles. The SMILES string of the molecule is CC1(C)CC(=O)c2c([nH]c(-c3ccnc(C(F)F)c3)c2Nc2ccccc2)C1. The van der Waals surface area contributed by atoms with Crippen LogP contribution in [0.1, 0.15) is 48.4 Å². The molecule has 2 aromatic heterocycles. The Morgan fingerprint density at radius 1 is 1.14 bits per heavy atom. The standard InChI is InChI=1S/C22H21F2N3O/c1-22(2)11-16-18(17(28)12-22)20(26-14-6-4-3-5-7-14)19(27-16)13-8-9-25-15(10-13)21(23)24/h3-10,21,26-27H,11-12H2,1-2H3. The molecule has 4 nitrogen and oxygen atoms in total. The normalized spacial score (nSPS) is 15.5. The van der Waals surface area contributed by atoms with E-state index in [9.17, 15) is 13.6 Å². The predicted octanol–water partition coefficient (Wildman–Crippen LogP) is 5.91. The van der Waals surface area contributed by atoms with Crippen molar-refractivity contribution in [3.8, 4) is 11.3 Å². The van der Waals surface area contributed by atoms with E-state index in [1.807, 2.05) is 30.3 Å². The number of halogens is 2. The van der Waals surface area contributed by atoms with E-state index in [4.69, 9.17) is 0 Å². The van der Waals surface area contributed by atoms with Gasteiger partial charge in [0.1, 0.15) is 5.69 Å². The van der Waals surface area contributed by atoms with E-state index in [2.05, 4.69) is 29.1 Å². The molecule has 0 saturated carbocycles. The highest BCUT2D eigenvalue weighted by Gasteiger charge is 2.35. The summed E-state index contributed by atoms with van der Waals surface area (Å²) in [4.78, 5) is 20.0. The lowest BCUT2D eigenvalue weighted by molar-refractivity contribution is 0.0912. The molecular weight excluding hydrogens is 360 g/mol. The zero-order valence-electron chi connectivity index (χ0n) is 15.7. The first-order valence-electron chi connectivity index (χ1n) is 9.19. The summed E-state index contributed by atoms with van der Waals surface area (Å²) >= 11 is 0. The van der Waals surface area contributed by atoms with Crippen LogP contribution in [0.5, 0.6) is 0 Å². The molecule has 4 rings (SSSR count). The molecule has 1 aliphatic rings. The molecule has 2 N–H and O–H groups in total. The molecule has 0 saturated heterocycles. The van der Waals surface area contributed by atoms with Crippen molar-refractivity contribution in [1.82, 2.24) is 9.97 Å². The van der Waals surface area contributed by atoms with Gasteiger partial charge in [0.05, 0.1) is 16.9 Å². The van der Waals surface area contributed by atoms with Gasteiger partial charge in [0.25, 0.3) is 6.43 Å². The van der Waals surface area contributed by atoms with Crippen molar-refractivity contribution < 1.29 is 13.6 Å². The Balaban J connectivity index is 1.88. The van der Waals surface area contributed by atoms with E-state index in [1.165, 1.54) is 12.3 Å². The number of fused-ring (bicyclic) bond motifs is 1. The summed E-state index contributed by atoms with van der Waals surface area (Å²) in [5, 5.41) is 3.33. The van der Waals surface area contributed by atoms with Crippen LogP contribution in [0.25, 0.3) is 11.3 Å². The average molecular weight is 381 g/mol. The van der Waals surface area contributed by atoms with Crippen LogP contribution in [0.2, 0.25) is 0 Å². The van der Waals surface area contributed by atoms with Crippen molar-refractivity contribution in [2.24, 2.45) is 5.41 Å². The molecule has 0 aliphatic heterocycles. The van der Waals surface area contributed by atoms with Gasteiger partial charge in [-0.3, -0.25) is 9.78 Å². The third-order valence-corrected chi connectivity index (χ3v) is 4.99. The number of nitrogens with zero attached hydrogens (tertiary/aromatic N) is 1. The Kier molecular flexibility index (Phi) is 4.49. The van der Waals surface area contributed by atoms with Crippen molar-refractivity contribution in [2.75, 3.05) is 5.32 Å². The molecular formula is C22H21F2N3O. The van der Waals surface area contributed by atoms with Crippen molar-refractivity contribution in [1.29, 1.82) is 0 Å². The monoisotopic (exact) mass is 381 g/mol. The number of ketones is 1. The number of H-pyrrole nitrogens is 1. The van der Waals surface area contributed by atoms with E-state index >= 15 is 0 Å². The number of hydrogen-bond donors (Lipinski definition) is 2. The molecule has 144 valence electrons. The Morgan fingerprint density at radius 2 is 1.89 bits per heavy atom. The number of Topliss-reactive ketones (excluding diaryl/α,β-unsaturated/α-hetero) is 1. The van der Waals surface area contributed by atoms with Crippen LogP contribution in [0.15, 0.2) is 48.7 Å². The van der Waals surface area contributed by atoms with Gasteiger partial charge < -0.3 is 10.3 Å². The highest BCUT2D eigenvalue weighted by molar-refractivity contribution is 6.07.